The van der Waals surface area contributed by atoms with E-state index in [2.05, 4.69) is 12.2 Å². The Morgan fingerprint density at radius 3 is 2.43 bits per heavy atom. The van der Waals surface area contributed by atoms with Gasteiger partial charge in [-0.1, -0.05) is 18.9 Å². The molecule has 82 valence electrons. The number of rotatable bonds is 7. The van der Waals surface area contributed by atoms with Gasteiger partial charge in [0.2, 0.25) is 0 Å². The van der Waals surface area contributed by atoms with Gasteiger partial charge in [0.15, 0.2) is 0 Å². The number of carboxylic acids is 1. The lowest BCUT2D eigenvalue weighted by Gasteiger charge is -2.05. The van der Waals surface area contributed by atoms with Crippen LogP contribution >= 0.6 is 0 Å². The van der Waals surface area contributed by atoms with E-state index in [9.17, 15) is 4.79 Å². The molecule has 0 aromatic carbocycles. The summed E-state index contributed by atoms with van der Waals surface area (Å²) in [5.41, 5.74) is 1.43. The zero-order valence-corrected chi connectivity index (χ0v) is 9.39. The lowest BCUT2D eigenvalue weighted by molar-refractivity contribution is -0.132. The quantitative estimate of drug-likeness (QED) is 0.488. The third-order valence-electron chi connectivity index (χ3n) is 2.34. The molecule has 0 rings (SSSR count). The lowest BCUT2D eigenvalue weighted by atomic mass is 10.1. The van der Waals surface area contributed by atoms with Gasteiger partial charge in [0, 0.05) is 5.57 Å². The van der Waals surface area contributed by atoms with Crippen LogP contribution in [-0.2, 0) is 4.79 Å². The van der Waals surface area contributed by atoms with Crippen molar-refractivity contribution in [1.29, 1.82) is 0 Å². The first-order valence-corrected chi connectivity index (χ1v) is 5.20. The minimum atomic E-state index is -0.809. The maximum Gasteiger partial charge on any atom is 0.331 e. The van der Waals surface area contributed by atoms with Gasteiger partial charge >= 0.3 is 5.97 Å². The van der Waals surface area contributed by atoms with Crippen molar-refractivity contribution < 1.29 is 9.90 Å². The molecule has 0 heterocycles. The van der Waals surface area contributed by atoms with E-state index in [0.29, 0.717) is 5.57 Å². The molecule has 0 spiro atoms. The highest BCUT2D eigenvalue weighted by Crippen LogP contribution is 2.06. The van der Waals surface area contributed by atoms with Crippen LogP contribution < -0.4 is 5.32 Å². The second-order valence-electron chi connectivity index (χ2n) is 3.56. The molecule has 0 saturated heterocycles. The molecular weight excluding hydrogens is 178 g/mol. The van der Waals surface area contributed by atoms with Crippen molar-refractivity contribution in [3.05, 3.63) is 11.1 Å². The summed E-state index contributed by atoms with van der Waals surface area (Å²) in [5.74, 6) is -0.809. The number of unbranched alkanes of at least 4 members (excludes halogenated alkanes) is 1. The van der Waals surface area contributed by atoms with Crippen molar-refractivity contribution >= 4 is 5.97 Å². The van der Waals surface area contributed by atoms with Crippen LogP contribution in [0.5, 0.6) is 0 Å². The first-order chi connectivity index (χ1) is 6.59. The lowest BCUT2D eigenvalue weighted by Crippen LogP contribution is -2.17. The summed E-state index contributed by atoms with van der Waals surface area (Å²) in [4.78, 5) is 10.6. The third-order valence-corrected chi connectivity index (χ3v) is 2.34. The highest BCUT2D eigenvalue weighted by atomic mass is 16.4. The number of hydrogen-bond donors (Lipinski definition) is 2. The predicted octanol–water partition coefficient (Wildman–Crippen LogP) is 2.19. The van der Waals surface area contributed by atoms with Crippen molar-refractivity contribution in [2.75, 3.05) is 13.1 Å². The average molecular weight is 199 g/mol. The molecule has 0 aliphatic carbocycles. The van der Waals surface area contributed by atoms with E-state index < -0.39 is 5.97 Å². The Hall–Kier alpha value is -0.830. The van der Waals surface area contributed by atoms with E-state index in [1.807, 2.05) is 6.92 Å². The van der Waals surface area contributed by atoms with Crippen LogP contribution in [0, 0.1) is 0 Å². The van der Waals surface area contributed by atoms with Crippen LogP contribution in [0.1, 0.15) is 40.0 Å². The number of carboxylic acid groups (broad SMARTS) is 1. The SMILES string of the molecule is CCCCNCCC(C)=C(C)C(=O)O. The molecular formula is C11H21NO2. The molecule has 0 aromatic rings. The van der Waals surface area contributed by atoms with Crippen molar-refractivity contribution in [2.24, 2.45) is 0 Å². The summed E-state index contributed by atoms with van der Waals surface area (Å²) < 4.78 is 0. The van der Waals surface area contributed by atoms with Gasteiger partial charge in [0.05, 0.1) is 0 Å². The Balaban J connectivity index is 3.68. The minimum Gasteiger partial charge on any atom is -0.478 e. The highest BCUT2D eigenvalue weighted by Gasteiger charge is 2.03. The molecule has 0 radical (unpaired) electrons. The van der Waals surface area contributed by atoms with E-state index >= 15 is 0 Å². The highest BCUT2D eigenvalue weighted by molar-refractivity contribution is 5.86. The van der Waals surface area contributed by atoms with Crippen molar-refractivity contribution in [3.8, 4) is 0 Å². The van der Waals surface area contributed by atoms with Gasteiger partial charge in [-0.05, 0) is 39.8 Å². The normalized spacial score (nSPS) is 12.5. The second-order valence-corrected chi connectivity index (χ2v) is 3.56. The summed E-state index contributed by atoms with van der Waals surface area (Å²) in [7, 11) is 0. The van der Waals surface area contributed by atoms with E-state index in [0.717, 1.165) is 25.1 Å². The van der Waals surface area contributed by atoms with Gasteiger partial charge in [-0.15, -0.1) is 0 Å². The molecule has 0 bridgehead atoms. The van der Waals surface area contributed by atoms with Crippen LogP contribution in [0.25, 0.3) is 0 Å². The van der Waals surface area contributed by atoms with Crippen LogP contribution in [0.3, 0.4) is 0 Å². The number of carbonyl (C=O) groups is 1. The molecule has 0 amide bonds. The summed E-state index contributed by atoms with van der Waals surface area (Å²) in [6, 6.07) is 0. The zero-order chi connectivity index (χ0) is 11.0. The average Bonchev–Trinajstić information content (AvgIpc) is 2.16. The molecule has 0 aliphatic rings. The van der Waals surface area contributed by atoms with Crippen molar-refractivity contribution in [2.45, 2.75) is 40.0 Å². The topological polar surface area (TPSA) is 49.3 Å². The Morgan fingerprint density at radius 1 is 1.29 bits per heavy atom. The zero-order valence-electron chi connectivity index (χ0n) is 9.39. The monoisotopic (exact) mass is 199 g/mol. The predicted molar refractivity (Wildman–Crippen MR) is 58.4 cm³/mol. The summed E-state index contributed by atoms with van der Waals surface area (Å²) in [5, 5.41) is 12.0. The Kier molecular flexibility index (Phi) is 7.11. The minimum absolute atomic E-state index is 0.474. The molecule has 0 aliphatic heterocycles. The summed E-state index contributed by atoms with van der Waals surface area (Å²) in [6.45, 7) is 7.59. The summed E-state index contributed by atoms with van der Waals surface area (Å²) >= 11 is 0. The molecule has 14 heavy (non-hydrogen) atoms. The van der Waals surface area contributed by atoms with Crippen molar-refractivity contribution in [1.82, 2.24) is 5.32 Å². The molecule has 0 unspecified atom stereocenters. The number of nitrogens with one attached hydrogen (secondary N) is 1. The van der Waals surface area contributed by atoms with Crippen LogP contribution in [0.4, 0.5) is 0 Å². The van der Waals surface area contributed by atoms with Crippen LogP contribution in [0.15, 0.2) is 11.1 Å². The van der Waals surface area contributed by atoms with Crippen LogP contribution in [0.2, 0.25) is 0 Å². The molecule has 3 nitrogen and oxygen atoms in total. The first kappa shape index (κ1) is 13.2. The Bertz CT molecular complexity index is 209. The first-order valence-electron chi connectivity index (χ1n) is 5.20. The molecule has 0 fully saturated rings. The van der Waals surface area contributed by atoms with Gasteiger partial charge in [-0.25, -0.2) is 4.79 Å². The van der Waals surface area contributed by atoms with E-state index in [1.54, 1.807) is 6.92 Å². The van der Waals surface area contributed by atoms with Gasteiger partial charge in [-0.3, -0.25) is 0 Å². The molecule has 0 aromatic heterocycles. The smallest absolute Gasteiger partial charge is 0.331 e. The van der Waals surface area contributed by atoms with Crippen molar-refractivity contribution in [3.63, 3.8) is 0 Å². The van der Waals surface area contributed by atoms with Gasteiger partial charge in [0.25, 0.3) is 0 Å². The number of hydrogen-bond acceptors (Lipinski definition) is 2. The fourth-order valence-corrected chi connectivity index (χ4v) is 1.07. The fraction of sp³-hybridized carbons (Fsp3) is 0.727. The molecule has 3 heteroatoms. The number of aliphatic carboxylic acids is 1. The van der Waals surface area contributed by atoms with Gasteiger partial charge in [-0.2, -0.15) is 0 Å². The second kappa shape index (κ2) is 7.56. The molecule has 2 N–H and O–H groups in total. The maximum absolute atomic E-state index is 10.6. The maximum atomic E-state index is 10.6. The Morgan fingerprint density at radius 2 is 1.93 bits per heavy atom. The van der Waals surface area contributed by atoms with Crippen LogP contribution in [-0.4, -0.2) is 24.2 Å². The van der Waals surface area contributed by atoms with E-state index in [1.165, 1.54) is 12.8 Å². The standard InChI is InChI=1S/C11H21NO2/c1-4-5-7-12-8-6-9(2)10(3)11(13)14/h12H,4-8H2,1-3H3,(H,13,14). The van der Waals surface area contributed by atoms with E-state index in [4.69, 9.17) is 5.11 Å². The largest absolute Gasteiger partial charge is 0.478 e. The summed E-state index contributed by atoms with van der Waals surface area (Å²) in [6.07, 6.45) is 3.19. The molecule has 0 saturated carbocycles. The molecule has 0 atom stereocenters. The fourth-order valence-electron chi connectivity index (χ4n) is 1.07. The Labute approximate surface area is 86.2 Å². The van der Waals surface area contributed by atoms with Gasteiger partial charge < -0.3 is 10.4 Å². The third kappa shape index (κ3) is 5.75. The van der Waals surface area contributed by atoms with E-state index in [-0.39, 0.29) is 0 Å². The van der Waals surface area contributed by atoms with Gasteiger partial charge in [0.1, 0.15) is 0 Å².